The van der Waals surface area contributed by atoms with E-state index in [9.17, 15) is 22.8 Å². The summed E-state index contributed by atoms with van der Waals surface area (Å²) >= 11 is 0. The van der Waals surface area contributed by atoms with Crippen LogP contribution in [-0.4, -0.2) is 45.2 Å². The van der Waals surface area contributed by atoms with Crippen LogP contribution in [0.4, 0.5) is 13.2 Å². The number of aromatic nitrogens is 2. The number of amides is 2. The molecule has 0 bridgehead atoms. The Labute approximate surface area is 160 Å². The van der Waals surface area contributed by atoms with E-state index in [0.717, 1.165) is 12.1 Å². The van der Waals surface area contributed by atoms with Crippen molar-refractivity contribution in [1.29, 1.82) is 0 Å². The fourth-order valence-corrected chi connectivity index (χ4v) is 3.33. The van der Waals surface area contributed by atoms with Gasteiger partial charge in [0.15, 0.2) is 0 Å². The molecular formula is C19H21F3N4O2. The second kappa shape index (κ2) is 8.04. The summed E-state index contributed by atoms with van der Waals surface area (Å²) in [5, 5.41) is 0. The molecule has 1 atom stereocenters. The Morgan fingerprint density at radius 2 is 2.18 bits per heavy atom. The van der Waals surface area contributed by atoms with Crippen LogP contribution >= 0.6 is 0 Å². The lowest BCUT2D eigenvalue weighted by atomic mass is 9.95. The first-order valence-corrected chi connectivity index (χ1v) is 8.91. The smallest absolute Gasteiger partial charge is 0.347 e. The molecule has 1 unspecified atom stereocenters. The van der Waals surface area contributed by atoms with Crippen molar-refractivity contribution in [2.75, 3.05) is 13.6 Å². The van der Waals surface area contributed by atoms with E-state index in [1.165, 1.54) is 11.0 Å². The van der Waals surface area contributed by atoms with E-state index in [-0.39, 0.29) is 37.2 Å². The summed E-state index contributed by atoms with van der Waals surface area (Å²) in [6.07, 6.45) is -0.536. The molecular weight excluding hydrogens is 373 g/mol. The Hall–Kier alpha value is -2.84. The highest BCUT2D eigenvalue weighted by atomic mass is 19.4. The average molecular weight is 394 g/mol. The van der Waals surface area contributed by atoms with Crippen molar-refractivity contribution in [2.24, 2.45) is 5.92 Å². The van der Waals surface area contributed by atoms with Crippen LogP contribution in [0.2, 0.25) is 0 Å². The standard InChI is InChI=1S/C19H21F3N4O2/c1-25(12-16-23-7-8-24-16)18(28)14-5-6-17(27)26(11-14)10-13-3-2-4-15(9-13)19(20,21)22/h2-4,7-9,14H,5-6,10-12H2,1H3,(H,23,24). The van der Waals surface area contributed by atoms with Gasteiger partial charge in [-0.15, -0.1) is 0 Å². The van der Waals surface area contributed by atoms with Gasteiger partial charge in [0.05, 0.1) is 18.0 Å². The van der Waals surface area contributed by atoms with Crippen molar-refractivity contribution in [3.63, 3.8) is 0 Å². The summed E-state index contributed by atoms with van der Waals surface area (Å²) in [5.74, 6) is 0.000102. The zero-order valence-corrected chi connectivity index (χ0v) is 15.4. The first-order chi connectivity index (χ1) is 13.2. The van der Waals surface area contributed by atoms with Crippen LogP contribution in [-0.2, 0) is 28.9 Å². The quantitative estimate of drug-likeness (QED) is 0.848. The average Bonchev–Trinajstić information content (AvgIpc) is 3.15. The molecule has 0 aliphatic carbocycles. The lowest BCUT2D eigenvalue weighted by Crippen LogP contribution is -2.45. The monoisotopic (exact) mass is 394 g/mol. The number of halogens is 3. The minimum atomic E-state index is -4.44. The molecule has 1 aliphatic heterocycles. The van der Waals surface area contributed by atoms with Crippen LogP contribution < -0.4 is 0 Å². The first kappa shape index (κ1) is 19.9. The molecule has 1 aromatic carbocycles. The lowest BCUT2D eigenvalue weighted by Gasteiger charge is -2.34. The molecule has 28 heavy (non-hydrogen) atoms. The molecule has 1 aliphatic rings. The van der Waals surface area contributed by atoms with Gasteiger partial charge in [-0.25, -0.2) is 4.98 Å². The van der Waals surface area contributed by atoms with Crippen LogP contribution in [0, 0.1) is 5.92 Å². The summed E-state index contributed by atoms with van der Waals surface area (Å²) in [6, 6.07) is 4.92. The van der Waals surface area contributed by atoms with Gasteiger partial charge >= 0.3 is 6.18 Å². The number of imidazole rings is 1. The van der Waals surface area contributed by atoms with E-state index < -0.39 is 11.7 Å². The number of carbonyl (C=O) groups excluding carboxylic acids is 2. The fraction of sp³-hybridized carbons (Fsp3) is 0.421. The molecule has 1 fully saturated rings. The molecule has 2 amide bonds. The maximum Gasteiger partial charge on any atom is 0.416 e. The summed E-state index contributed by atoms with van der Waals surface area (Å²) in [6.45, 7) is 0.564. The first-order valence-electron chi connectivity index (χ1n) is 8.91. The molecule has 6 nitrogen and oxygen atoms in total. The van der Waals surface area contributed by atoms with Crippen molar-refractivity contribution in [1.82, 2.24) is 19.8 Å². The van der Waals surface area contributed by atoms with E-state index in [1.54, 1.807) is 30.4 Å². The Kier molecular flexibility index (Phi) is 5.71. The molecule has 2 aromatic rings. The molecule has 1 N–H and O–H groups in total. The van der Waals surface area contributed by atoms with Gasteiger partial charge < -0.3 is 14.8 Å². The highest BCUT2D eigenvalue weighted by Crippen LogP contribution is 2.30. The van der Waals surface area contributed by atoms with E-state index >= 15 is 0 Å². The molecule has 3 rings (SSSR count). The Balaban J connectivity index is 1.66. The molecule has 150 valence electrons. The van der Waals surface area contributed by atoms with E-state index in [0.29, 0.717) is 24.4 Å². The third-order valence-corrected chi connectivity index (χ3v) is 4.80. The van der Waals surface area contributed by atoms with E-state index in [2.05, 4.69) is 9.97 Å². The SMILES string of the molecule is CN(Cc1ncc[nH]1)C(=O)C1CCC(=O)N(Cc2cccc(C(F)(F)F)c2)C1. The van der Waals surface area contributed by atoms with Gasteiger partial charge in [-0.2, -0.15) is 13.2 Å². The molecule has 0 saturated carbocycles. The summed E-state index contributed by atoms with van der Waals surface area (Å²) in [7, 11) is 1.67. The van der Waals surface area contributed by atoms with Crippen molar-refractivity contribution >= 4 is 11.8 Å². The third-order valence-electron chi connectivity index (χ3n) is 4.80. The van der Waals surface area contributed by atoms with Gasteiger partial charge in [0, 0.05) is 39.0 Å². The largest absolute Gasteiger partial charge is 0.416 e. The third kappa shape index (κ3) is 4.71. The van der Waals surface area contributed by atoms with E-state index in [1.807, 2.05) is 0 Å². The fourth-order valence-electron chi connectivity index (χ4n) is 3.33. The number of hydrogen-bond acceptors (Lipinski definition) is 3. The number of alkyl halides is 3. The maximum atomic E-state index is 12.9. The predicted molar refractivity (Wildman–Crippen MR) is 94.6 cm³/mol. The van der Waals surface area contributed by atoms with Crippen LogP contribution in [0.5, 0.6) is 0 Å². The summed E-state index contributed by atoms with van der Waals surface area (Å²) < 4.78 is 38.7. The number of piperidine rings is 1. The van der Waals surface area contributed by atoms with Crippen molar-refractivity contribution < 1.29 is 22.8 Å². The molecule has 0 radical (unpaired) electrons. The van der Waals surface area contributed by atoms with Gasteiger partial charge in [-0.05, 0) is 24.1 Å². The zero-order chi connectivity index (χ0) is 20.3. The molecule has 0 spiro atoms. The number of nitrogens with zero attached hydrogens (tertiary/aromatic N) is 3. The molecule has 9 heteroatoms. The van der Waals surface area contributed by atoms with Gasteiger partial charge in [0.25, 0.3) is 0 Å². The number of nitrogens with one attached hydrogen (secondary N) is 1. The Morgan fingerprint density at radius 1 is 1.39 bits per heavy atom. The molecule has 1 saturated heterocycles. The minimum Gasteiger partial charge on any atom is -0.347 e. The summed E-state index contributed by atoms with van der Waals surface area (Å²) in [5.41, 5.74) is -0.361. The van der Waals surface area contributed by atoms with Gasteiger partial charge in [-0.3, -0.25) is 9.59 Å². The second-order valence-electron chi connectivity index (χ2n) is 6.94. The zero-order valence-electron chi connectivity index (χ0n) is 15.4. The van der Waals surface area contributed by atoms with Gasteiger partial charge in [0.2, 0.25) is 11.8 Å². The van der Waals surface area contributed by atoms with Crippen LogP contribution in [0.1, 0.15) is 29.8 Å². The normalized spacial score (nSPS) is 17.6. The van der Waals surface area contributed by atoms with E-state index in [4.69, 9.17) is 0 Å². The number of H-pyrrole nitrogens is 1. The van der Waals surface area contributed by atoms with Crippen LogP contribution in [0.15, 0.2) is 36.7 Å². The Bertz CT molecular complexity index is 836. The van der Waals surface area contributed by atoms with Crippen LogP contribution in [0.25, 0.3) is 0 Å². The van der Waals surface area contributed by atoms with Crippen LogP contribution in [0.3, 0.4) is 0 Å². The van der Waals surface area contributed by atoms with Crippen molar-refractivity contribution in [2.45, 2.75) is 32.1 Å². The number of rotatable bonds is 5. The number of carbonyl (C=O) groups is 2. The highest BCUT2D eigenvalue weighted by molar-refractivity contribution is 5.83. The molecule has 1 aromatic heterocycles. The number of likely N-dealkylation sites (tertiary alicyclic amines) is 1. The highest BCUT2D eigenvalue weighted by Gasteiger charge is 2.33. The van der Waals surface area contributed by atoms with Crippen molar-refractivity contribution in [3.05, 3.63) is 53.6 Å². The predicted octanol–water partition coefficient (Wildman–Crippen LogP) is 2.83. The lowest BCUT2D eigenvalue weighted by molar-refractivity contribution is -0.143. The van der Waals surface area contributed by atoms with Crippen molar-refractivity contribution in [3.8, 4) is 0 Å². The number of hydrogen-bond donors (Lipinski definition) is 1. The van der Waals surface area contributed by atoms with Gasteiger partial charge in [0.1, 0.15) is 5.82 Å². The molecule has 2 heterocycles. The minimum absolute atomic E-state index is 0.0500. The Morgan fingerprint density at radius 3 is 2.86 bits per heavy atom. The number of benzene rings is 1. The maximum absolute atomic E-state index is 12.9. The van der Waals surface area contributed by atoms with Gasteiger partial charge in [-0.1, -0.05) is 12.1 Å². The second-order valence-corrected chi connectivity index (χ2v) is 6.94. The number of aromatic amines is 1. The summed E-state index contributed by atoms with van der Waals surface area (Å²) in [4.78, 5) is 35.0. The topological polar surface area (TPSA) is 69.3 Å².